The molecule has 0 unspecified atom stereocenters. The van der Waals surface area contributed by atoms with Crippen molar-refractivity contribution in [2.75, 3.05) is 13.6 Å². The number of hydrogen-bond acceptors (Lipinski definition) is 2. The van der Waals surface area contributed by atoms with Crippen molar-refractivity contribution in [3.63, 3.8) is 0 Å². The quantitative estimate of drug-likeness (QED) is 0.528. The second-order valence-electron chi connectivity index (χ2n) is 2.04. The Balaban J connectivity index is 4.03. The zero-order valence-corrected chi connectivity index (χ0v) is 6.18. The molecule has 0 aromatic heterocycles. The lowest BCUT2D eigenvalue weighted by atomic mass is 10.4. The summed E-state index contributed by atoms with van der Waals surface area (Å²) in [6.07, 6.45) is 0. The van der Waals surface area contributed by atoms with Crippen LogP contribution in [0.4, 0.5) is 0 Å². The molecule has 0 aromatic rings. The highest BCUT2D eigenvalue weighted by molar-refractivity contribution is 5.90. The lowest BCUT2D eigenvalue weighted by Gasteiger charge is -2.11. The second kappa shape index (κ2) is 3.82. The fourth-order valence-corrected chi connectivity index (χ4v) is 0.541. The summed E-state index contributed by atoms with van der Waals surface area (Å²) in [5.74, 6) is -0.623. The van der Waals surface area contributed by atoms with Crippen molar-refractivity contribution in [2.24, 2.45) is 0 Å². The van der Waals surface area contributed by atoms with E-state index in [1.54, 1.807) is 0 Å². The van der Waals surface area contributed by atoms with Crippen LogP contribution in [-0.4, -0.2) is 30.2 Å². The highest BCUT2D eigenvalue weighted by atomic mass is 16.2. The Labute approximate surface area is 61.7 Å². The van der Waals surface area contributed by atoms with E-state index in [9.17, 15) is 9.59 Å². The molecule has 3 heteroatoms. The van der Waals surface area contributed by atoms with Crippen molar-refractivity contribution in [2.45, 2.75) is 6.92 Å². The number of likely N-dealkylation sites (N-methyl/N-ethyl adjacent to an activating group) is 1. The molecule has 3 nitrogen and oxygen atoms in total. The van der Waals surface area contributed by atoms with Gasteiger partial charge in [0.05, 0.1) is 7.92 Å². The maximum Gasteiger partial charge on any atom is 0.246 e. The van der Waals surface area contributed by atoms with Crippen molar-refractivity contribution in [3.05, 3.63) is 12.6 Å². The van der Waals surface area contributed by atoms with Crippen LogP contribution in [0, 0.1) is 0 Å². The molecular formula is C7H11NO2. The van der Waals surface area contributed by atoms with Crippen LogP contribution in [0.2, 0.25) is 0 Å². The number of hydrogen-bond donors (Lipinski definition) is 0. The number of ketones is 1. The first-order valence-corrected chi connectivity index (χ1v) is 2.85. The van der Waals surface area contributed by atoms with Crippen LogP contribution in [0.25, 0.3) is 0 Å². The minimum Gasteiger partial charge on any atom is -0.335 e. The minimum atomic E-state index is -0.514. The topological polar surface area (TPSA) is 37.4 Å². The highest BCUT2D eigenvalue weighted by Crippen LogP contribution is 1.84. The third-order valence-corrected chi connectivity index (χ3v) is 0.958. The molecule has 0 aromatic carbocycles. The molecule has 0 spiro atoms. The number of amides is 1. The Bertz CT molecular complexity index is 201. The molecule has 0 radical (unpaired) electrons. The summed E-state index contributed by atoms with van der Waals surface area (Å²) in [4.78, 5) is 22.5. The summed E-state index contributed by atoms with van der Waals surface area (Å²) in [6.45, 7) is 4.57. The van der Waals surface area contributed by atoms with Gasteiger partial charge in [0.2, 0.25) is 5.91 Å². The SMILES string of the molecule is [2H]C(=C)C(=O)N(C)CC(C)=O. The predicted octanol–water partition coefficient (Wildman–Crippen LogP) is 0.220. The molecule has 0 saturated heterocycles. The van der Waals surface area contributed by atoms with E-state index >= 15 is 0 Å². The van der Waals surface area contributed by atoms with Crippen molar-refractivity contribution < 1.29 is 11.0 Å². The molecule has 0 aliphatic rings. The number of nitrogens with zero attached hydrogens (tertiary/aromatic N) is 1. The largest absolute Gasteiger partial charge is 0.335 e. The molecule has 0 N–H and O–H groups in total. The van der Waals surface area contributed by atoms with E-state index in [1.165, 1.54) is 14.0 Å². The van der Waals surface area contributed by atoms with Crippen molar-refractivity contribution in [1.82, 2.24) is 4.90 Å². The summed E-state index contributed by atoms with van der Waals surface area (Å²) in [6, 6.07) is -0.297. The predicted molar refractivity (Wildman–Crippen MR) is 38.5 cm³/mol. The fraction of sp³-hybridized carbons (Fsp3) is 0.429. The van der Waals surface area contributed by atoms with Gasteiger partial charge in [0.15, 0.2) is 0 Å². The van der Waals surface area contributed by atoms with Gasteiger partial charge >= 0.3 is 0 Å². The molecule has 0 heterocycles. The van der Waals surface area contributed by atoms with Crippen LogP contribution in [0.3, 0.4) is 0 Å². The number of carbonyl (C=O) groups excluding carboxylic acids is 2. The summed E-state index contributed by atoms with van der Waals surface area (Å²) in [7, 11) is 1.46. The maximum atomic E-state index is 10.9. The average molecular weight is 142 g/mol. The van der Waals surface area contributed by atoms with Crippen molar-refractivity contribution in [1.29, 1.82) is 0 Å². The Hall–Kier alpha value is -1.12. The van der Waals surface area contributed by atoms with E-state index in [2.05, 4.69) is 6.58 Å². The molecule has 0 aliphatic carbocycles. The summed E-state index contributed by atoms with van der Waals surface area (Å²) in [5.41, 5.74) is 0. The monoisotopic (exact) mass is 142 g/mol. The second-order valence-corrected chi connectivity index (χ2v) is 2.04. The molecule has 56 valence electrons. The smallest absolute Gasteiger partial charge is 0.246 e. The molecule has 0 saturated carbocycles. The van der Waals surface area contributed by atoms with E-state index in [0.29, 0.717) is 0 Å². The lowest BCUT2D eigenvalue weighted by Crippen LogP contribution is -2.29. The van der Waals surface area contributed by atoms with E-state index in [0.717, 1.165) is 4.90 Å². The molecule has 0 aliphatic heterocycles. The van der Waals surface area contributed by atoms with Gasteiger partial charge in [0.1, 0.15) is 5.78 Å². The first kappa shape index (κ1) is 6.99. The fourth-order valence-electron chi connectivity index (χ4n) is 0.541. The van der Waals surface area contributed by atoms with Gasteiger partial charge in [0, 0.05) is 7.05 Å². The zero-order valence-electron chi connectivity index (χ0n) is 7.18. The van der Waals surface area contributed by atoms with Crippen LogP contribution in [0.5, 0.6) is 0 Å². The van der Waals surface area contributed by atoms with Crippen LogP contribution in [0.15, 0.2) is 12.6 Å². The van der Waals surface area contributed by atoms with E-state index < -0.39 is 5.91 Å². The van der Waals surface area contributed by atoms with Crippen LogP contribution < -0.4 is 0 Å². The van der Waals surface area contributed by atoms with E-state index in [1.807, 2.05) is 0 Å². The molecule has 0 fully saturated rings. The Kier molecular flexibility index (Phi) is 2.67. The number of carbonyl (C=O) groups is 2. The van der Waals surface area contributed by atoms with Crippen molar-refractivity contribution >= 4 is 11.7 Å². The van der Waals surface area contributed by atoms with Crippen LogP contribution in [0.1, 0.15) is 8.29 Å². The normalized spacial score (nSPS) is 10.0. The summed E-state index contributed by atoms with van der Waals surface area (Å²) >= 11 is 0. The first-order chi connectivity index (χ1) is 4.95. The molecule has 10 heavy (non-hydrogen) atoms. The van der Waals surface area contributed by atoms with Crippen LogP contribution in [-0.2, 0) is 9.59 Å². The Morgan fingerprint density at radius 3 is 2.60 bits per heavy atom. The third kappa shape index (κ3) is 3.02. The third-order valence-electron chi connectivity index (χ3n) is 0.958. The molecule has 0 atom stereocenters. The minimum absolute atomic E-state index is 0.0384. The average Bonchev–Trinajstić information content (AvgIpc) is 1.84. The van der Waals surface area contributed by atoms with Gasteiger partial charge < -0.3 is 4.90 Å². The first-order valence-electron chi connectivity index (χ1n) is 3.35. The molecule has 1 amide bonds. The summed E-state index contributed by atoms with van der Waals surface area (Å²) < 4.78 is 6.86. The summed E-state index contributed by atoms with van der Waals surface area (Å²) in [5, 5.41) is 0. The van der Waals surface area contributed by atoms with Gasteiger partial charge in [-0.3, -0.25) is 9.59 Å². The van der Waals surface area contributed by atoms with Gasteiger partial charge in [-0.2, -0.15) is 0 Å². The molecule has 0 rings (SSSR count). The number of Topliss-reactive ketones (excluding diaryl/α,β-unsaturated/α-hetero) is 1. The van der Waals surface area contributed by atoms with Gasteiger partial charge in [-0.15, -0.1) is 0 Å². The molecule has 0 bridgehead atoms. The van der Waals surface area contributed by atoms with Gasteiger partial charge in [0.25, 0.3) is 0 Å². The van der Waals surface area contributed by atoms with Crippen LogP contribution >= 0.6 is 0 Å². The highest BCUT2D eigenvalue weighted by Gasteiger charge is 2.04. The van der Waals surface area contributed by atoms with Crippen molar-refractivity contribution in [3.8, 4) is 0 Å². The molecular weight excluding hydrogens is 130 g/mol. The van der Waals surface area contributed by atoms with Gasteiger partial charge in [-0.05, 0) is 13.0 Å². The standard InChI is InChI=1S/C7H11NO2/c1-4-7(10)8(3)5-6(2)9/h4H,1,5H2,2-3H3/i4D. The zero-order chi connectivity index (χ0) is 9.02. The van der Waals surface area contributed by atoms with E-state index in [4.69, 9.17) is 1.37 Å². The Morgan fingerprint density at radius 1 is 1.80 bits per heavy atom. The van der Waals surface area contributed by atoms with Gasteiger partial charge in [-0.25, -0.2) is 0 Å². The lowest BCUT2D eigenvalue weighted by molar-refractivity contribution is -0.129. The van der Waals surface area contributed by atoms with E-state index in [-0.39, 0.29) is 18.4 Å². The maximum absolute atomic E-state index is 10.9. The number of rotatable bonds is 3. The Morgan fingerprint density at radius 2 is 2.30 bits per heavy atom. The van der Waals surface area contributed by atoms with Gasteiger partial charge in [-0.1, -0.05) is 6.58 Å².